The summed E-state index contributed by atoms with van der Waals surface area (Å²) < 4.78 is 0. The summed E-state index contributed by atoms with van der Waals surface area (Å²) in [6.45, 7) is 3.67. The number of thioether (sulfide) groups is 1. The van der Waals surface area contributed by atoms with Crippen LogP contribution in [0.25, 0.3) is 0 Å². The van der Waals surface area contributed by atoms with E-state index in [4.69, 9.17) is 0 Å². The lowest BCUT2D eigenvalue weighted by Crippen LogP contribution is -2.64. The van der Waals surface area contributed by atoms with Gasteiger partial charge in [-0.15, -0.1) is 28.7 Å². The molecular formula is C11H14Br2N2O3S. The number of hydrogen-bond acceptors (Lipinski definition) is 4. The molecule has 0 aromatic carbocycles. The smallest absolute Gasteiger partial charge is 0.352 e. The predicted octanol–water partition coefficient (Wildman–Crippen LogP) is 2.06. The number of alkyl halides is 1. The number of nitrogens with zero attached hydrogens (tertiary/aromatic N) is 2. The summed E-state index contributed by atoms with van der Waals surface area (Å²) in [5.41, 5.74) is 1.70. The zero-order valence-corrected chi connectivity index (χ0v) is 14.5. The van der Waals surface area contributed by atoms with Crippen molar-refractivity contribution in [3.63, 3.8) is 0 Å². The lowest BCUT2D eigenvalue weighted by atomic mass is 10.0. The summed E-state index contributed by atoms with van der Waals surface area (Å²) >= 11 is 4.83. The number of rotatable bonds is 3. The van der Waals surface area contributed by atoms with Crippen LogP contribution in [0.15, 0.2) is 16.3 Å². The molecule has 0 aromatic rings. The number of carbonyl (C=O) groups is 2. The van der Waals surface area contributed by atoms with E-state index in [-0.39, 0.29) is 34.0 Å². The Labute approximate surface area is 134 Å². The Balaban J connectivity index is 0.00000180. The van der Waals surface area contributed by atoms with Crippen LogP contribution in [0, 0.1) is 0 Å². The van der Waals surface area contributed by atoms with E-state index >= 15 is 0 Å². The summed E-state index contributed by atoms with van der Waals surface area (Å²) in [5.74, 6) is -0.640. The van der Waals surface area contributed by atoms with Crippen LogP contribution in [0.5, 0.6) is 0 Å². The fourth-order valence-corrected chi connectivity index (χ4v) is 4.08. The molecule has 0 bridgehead atoms. The molecule has 1 fully saturated rings. The summed E-state index contributed by atoms with van der Waals surface area (Å²) in [6, 6.07) is -0.425. The van der Waals surface area contributed by atoms with E-state index < -0.39 is 12.0 Å². The van der Waals surface area contributed by atoms with Crippen molar-refractivity contribution in [1.29, 1.82) is 0 Å². The summed E-state index contributed by atoms with van der Waals surface area (Å²) in [5, 5.41) is 9.54. The third-order valence-corrected chi connectivity index (χ3v) is 4.78. The minimum absolute atomic E-state index is 0. The van der Waals surface area contributed by atoms with Crippen molar-refractivity contribution in [2.45, 2.75) is 25.3 Å². The van der Waals surface area contributed by atoms with Gasteiger partial charge in [-0.1, -0.05) is 15.9 Å². The molecular weight excluding hydrogens is 400 g/mol. The van der Waals surface area contributed by atoms with Gasteiger partial charge < -0.3 is 5.11 Å². The van der Waals surface area contributed by atoms with Gasteiger partial charge in [-0.05, 0) is 19.4 Å². The second-order valence-electron chi connectivity index (χ2n) is 4.32. The van der Waals surface area contributed by atoms with Gasteiger partial charge in [0, 0.05) is 16.8 Å². The van der Waals surface area contributed by atoms with Crippen molar-refractivity contribution in [3.05, 3.63) is 11.3 Å². The number of carbonyl (C=O) groups excluding carboxylic acids is 1. The van der Waals surface area contributed by atoms with E-state index in [1.54, 1.807) is 11.8 Å². The summed E-state index contributed by atoms with van der Waals surface area (Å²) in [6.07, 6.45) is 0. The predicted molar refractivity (Wildman–Crippen MR) is 84.4 cm³/mol. The number of halogens is 2. The van der Waals surface area contributed by atoms with Gasteiger partial charge in [0.05, 0.1) is 0 Å². The lowest BCUT2D eigenvalue weighted by Gasteiger charge is -2.47. The summed E-state index contributed by atoms with van der Waals surface area (Å²) in [7, 11) is 0. The number of carboxylic acids is 1. The fourth-order valence-electron chi connectivity index (χ4n) is 2.03. The SMILES string of the molecule is Br.CC(C)=NC1C(=O)N2C(C(=O)O)=C(CBr)CS[C@@H]12. The van der Waals surface area contributed by atoms with Gasteiger partial charge in [0.25, 0.3) is 5.91 Å². The van der Waals surface area contributed by atoms with Crippen molar-refractivity contribution >= 4 is 62.3 Å². The van der Waals surface area contributed by atoms with E-state index in [2.05, 4.69) is 20.9 Å². The van der Waals surface area contributed by atoms with Gasteiger partial charge in [-0.2, -0.15) is 0 Å². The molecule has 0 saturated carbocycles. The lowest BCUT2D eigenvalue weighted by molar-refractivity contribution is -0.147. The number of hydrogen-bond donors (Lipinski definition) is 1. The topological polar surface area (TPSA) is 70.0 Å². The zero-order valence-electron chi connectivity index (χ0n) is 10.4. The highest BCUT2D eigenvalue weighted by Crippen LogP contribution is 2.42. The minimum atomic E-state index is -1.04. The number of fused-ring (bicyclic) bond motifs is 1. The van der Waals surface area contributed by atoms with Crippen LogP contribution in [0.1, 0.15) is 13.8 Å². The van der Waals surface area contributed by atoms with E-state index in [0.29, 0.717) is 11.1 Å². The van der Waals surface area contributed by atoms with Crippen LogP contribution >= 0.6 is 44.7 Å². The van der Waals surface area contributed by atoms with Gasteiger partial charge in [0.1, 0.15) is 11.1 Å². The van der Waals surface area contributed by atoms with Gasteiger partial charge in [0.2, 0.25) is 0 Å². The maximum atomic E-state index is 12.0. The van der Waals surface area contributed by atoms with Crippen molar-refractivity contribution in [2.24, 2.45) is 4.99 Å². The summed E-state index contributed by atoms with van der Waals surface area (Å²) in [4.78, 5) is 28.9. The molecule has 106 valence electrons. The highest BCUT2D eigenvalue weighted by atomic mass is 79.9. The van der Waals surface area contributed by atoms with Crippen LogP contribution in [0.3, 0.4) is 0 Å². The Hall–Kier alpha value is -0.340. The maximum absolute atomic E-state index is 12.0. The number of aliphatic carboxylic acids is 1. The highest BCUT2D eigenvalue weighted by molar-refractivity contribution is 9.09. The number of β-lactam (4-membered cyclic amide) rings is 1. The largest absolute Gasteiger partial charge is 0.477 e. The molecule has 2 aliphatic rings. The minimum Gasteiger partial charge on any atom is -0.477 e. The molecule has 2 atom stereocenters. The third kappa shape index (κ3) is 2.90. The molecule has 1 saturated heterocycles. The number of amides is 1. The van der Waals surface area contributed by atoms with Crippen LogP contribution in [0.4, 0.5) is 0 Å². The standard InChI is InChI=1S/C11H13BrN2O3S.BrH/c1-5(2)13-7-9(15)14-8(11(16)17)6(3-12)4-18-10(7)14;/h7,10H,3-4H2,1-2H3,(H,16,17);1H/t7?,10-;/m0./s1. The van der Waals surface area contributed by atoms with Crippen LogP contribution in [-0.4, -0.2) is 50.1 Å². The zero-order chi connectivity index (χ0) is 13.4. The monoisotopic (exact) mass is 412 g/mol. The molecule has 8 heteroatoms. The van der Waals surface area contributed by atoms with Crippen LogP contribution in [0.2, 0.25) is 0 Å². The molecule has 2 rings (SSSR count). The fraction of sp³-hybridized carbons (Fsp3) is 0.545. The second-order valence-corrected chi connectivity index (χ2v) is 5.99. The molecule has 0 aliphatic carbocycles. The Bertz CT molecular complexity index is 475. The van der Waals surface area contributed by atoms with Crippen LogP contribution in [-0.2, 0) is 9.59 Å². The van der Waals surface area contributed by atoms with E-state index in [9.17, 15) is 14.7 Å². The average Bonchev–Trinajstić information content (AvgIpc) is 2.33. The van der Waals surface area contributed by atoms with E-state index in [1.807, 2.05) is 13.8 Å². The average molecular weight is 414 g/mol. The first-order chi connectivity index (χ1) is 8.47. The molecule has 2 aliphatic heterocycles. The Morgan fingerprint density at radius 1 is 1.58 bits per heavy atom. The third-order valence-electron chi connectivity index (χ3n) is 2.78. The Morgan fingerprint density at radius 3 is 2.68 bits per heavy atom. The highest BCUT2D eigenvalue weighted by Gasteiger charge is 2.53. The van der Waals surface area contributed by atoms with Gasteiger partial charge in [-0.3, -0.25) is 14.7 Å². The van der Waals surface area contributed by atoms with E-state index in [1.165, 1.54) is 4.90 Å². The molecule has 0 aromatic heterocycles. The molecule has 1 amide bonds. The van der Waals surface area contributed by atoms with Crippen molar-refractivity contribution < 1.29 is 14.7 Å². The quantitative estimate of drug-likeness (QED) is 0.436. The molecule has 19 heavy (non-hydrogen) atoms. The Morgan fingerprint density at radius 2 is 2.21 bits per heavy atom. The second kappa shape index (κ2) is 6.41. The maximum Gasteiger partial charge on any atom is 0.352 e. The molecule has 1 unspecified atom stereocenters. The molecule has 0 radical (unpaired) electrons. The molecule has 0 spiro atoms. The van der Waals surface area contributed by atoms with Crippen molar-refractivity contribution in [1.82, 2.24) is 4.90 Å². The molecule has 2 heterocycles. The molecule has 5 nitrogen and oxygen atoms in total. The Kier molecular flexibility index (Phi) is 5.64. The van der Waals surface area contributed by atoms with Gasteiger partial charge in [0.15, 0.2) is 6.04 Å². The first-order valence-electron chi connectivity index (χ1n) is 5.44. The van der Waals surface area contributed by atoms with Crippen molar-refractivity contribution in [2.75, 3.05) is 11.1 Å². The van der Waals surface area contributed by atoms with Gasteiger partial charge >= 0.3 is 5.97 Å². The van der Waals surface area contributed by atoms with Crippen molar-refractivity contribution in [3.8, 4) is 0 Å². The van der Waals surface area contributed by atoms with E-state index in [0.717, 1.165) is 11.3 Å². The number of carboxylic acid groups (broad SMARTS) is 1. The first-order valence-corrected chi connectivity index (χ1v) is 7.61. The first kappa shape index (κ1) is 16.7. The number of aliphatic imine (C=N–C) groups is 1. The van der Waals surface area contributed by atoms with Gasteiger partial charge in [-0.25, -0.2) is 4.79 Å². The van der Waals surface area contributed by atoms with Crippen LogP contribution < -0.4 is 0 Å². The normalized spacial score (nSPS) is 25.2. The molecule has 1 N–H and O–H groups in total.